The Hall–Kier alpha value is -2.17. The summed E-state index contributed by atoms with van der Waals surface area (Å²) < 4.78 is 4.84. The number of fused-ring (bicyclic) bond motifs is 1. The largest absolute Gasteiger partial charge is 0.462 e. The first kappa shape index (κ1) is 11.3. The molecule has 1 N–H and O–H groups in total. The Bertz CT molecular complexity index is 507. The number of benzene rings is 1. The summed E-state index contributed by atoms with van der Waals surface area (Å²) in [7, 11) is 0. The van der Waals surface area contributed by atoms with Crippen LogP contribution in [0.15, 0.2) is 18.2 Å². The Morgan fingerprint density at radius 1 is 1.41 bits per heavy atom. The summed E-state index contributed by atoms with van der Waals surface area (Å²) in [5, 5.41) is 2.20. The zero-order valence-electron chi connectivity index (χ0n) is 9.28. The maximum absolute atomic E-state index is 11.5. The van der Waals surface area contributed by atoms with Gasteiger partial charge in [-0.1, -0.05) is 6.07 Å². The second-order valence-electron chi connectivity index (χ2n) is 3.65. The molecule has 0 radical (unpaired) electrons. The van der Waals surface area contributed by atoms with E-state index in [0.717, 1.165) is 0 Å². The topological polar surface area (TPSA) is 72.5 Å². The highest BCUT2D eigenvalue weighted by Gasteiger charge is 2.23. The van der Waals surface area contributed by atoms with Gasteiger partial charge >= 0.3 is 5.97 Å². The number of carbonyl (C=O) groups excluding carboxylic acids is 3. The number of imide groups is 1. The molecule has 0 unspecified atom stereocenters. The Morgan fingerprint density at radius 2 is 2.18 bits per heavy atom. The van der Waals surface area contributed by atoms with Gasteiger partial charge in [0.2, 0.25) is 5.91 Å². The Morgan fingerprint density at radius 3 is 2.88 bits per heavy atom. The normalized spacial score (nSPS) is 13.9. The Labute approximate surface area is 97.8 Å². The third-order valence-electron chi connectivity index (χ3n) is 2.47. The van der Waals surface area contributed by atoms with Crippen molar-refractivity contribution in [3.05, 3.63) is 34.9 Å². The molecule has 88 valence electrons. The third-order valence-corrected chi connectivity index (χ3v) is 2.47. The van der Waals surface area contributed by atoms with Crippen molar-refractivity contribution in [2.24, 2.45) is 0 Å². The van der Waals surface area contributed by atoms with E-state index >= 15 is 0 Å². The fraction of sp³-hybridized carbons (Fsp3) is 0.250. The highest BCUT2D eigenvalue weighted by molar-refractivity contribution is 6.10. The zero-order chi connectivity index (χ0) is 12.4. The van der Waals surface area contributed by atoms with Crippen LogP contribution >= 0.6 is 0 Å². The lowest BCUT2D eigenvalue weighted by molar-refractivity contribution is -0.119. The van der Waals surface area contributed by atoms with Gasteiger partial charge in [0.1, 0.15) is 0 Å². The van der Waals surface area contributed by atoms with Crippen molar-refractivity contribution in [3.63, 3.8) is 0 Å². The van der Waals surface area contributed by atoms with Gasteiger partial charge < -0.3 is 4.74 Å². The fourth-order valence-corrected chi connectivity index (χ4v) is 1.69. The summed E-state index contributed by atoms with van der Waals surface area (Å²) in [5.74, 6) is -1.27. The van der Waals surface area contributed by atoms with Crippen LogP contribution in [0.3, 0.4) is 0 Å². The van der Waals surface area contributed by atoms with Crippen LogP contribution < -0.4 is 5.32 Å². The SMILES string of the molecule is CCOC(=O)c1ccc2c(c1)C(=O)NC(=O)C2. The number of amides is 2. The first-order valence-electron chi connectivity index (χ1n) is 5.26. The van der Waals surface area contributed by atoms with Crippen molar-refractivity contribution in [1.82, 2.24) is 5.32 Å². The molecule has 5 nitrogen and oxygen atoms in total. The van der Waals surface area contributed by atoms with Gasteiger partial charge in [-0.25, -0.2) is 4.79 Å². The molecule has 0 bridgehead atoms. The smallest absolute Gasteiger partial charge is 0.338 e. The lowest BCUT2D eigenvalue weighted by Gasteiger charge is -2.15. The van der Waals surface area contributed by atoms with Crippen molar-refractivity contribution >= 4 is 17.8 Å². The number of carbonyl (C=O) groups is 3. The van der Waals surface area contributed by atoms with E-state index in [1.165, 1.54) is 6.07 Å². The van der Waals surface area contributed by atoms with Gasteiger partial charge in [-0.2, -0.15) is 0 Å². The fourth-order valence-electron chi connectivity index (χ4n) is 1.69. The summed E-state index contributed by atoms with van der Waals surface area (Å²) in [5.41, 5.74) is 1.30. The monoisotopic (exact) mass is 233 g/mol. The highest BCUT2D eigenvalue weighted by atomic mass is 16.5. The van der Waals surface area contributed by atoms with E-state index in [2.05, 4.69) is 5.32 Å². The zero-order valence-corrected chi connectivity index (χ0v) is 9.28. The summed E-state index contributed by atoms with van der Waals surface area (Å²) in [6.45, 7) is 1.99. The number of hydrogen-bond donors (Lipinski definition) is 1. The second kappa shape index (κ2) is 4.37. The van der Waals surface area contributed by atoms with Crippen LogP contribution in [0, 0.1) is 0 Å². The molecular weight excluding hydrogens is 222 g/mol. The van der Waals surface area contributed by atoms with E-state index in [9.17, 15) is 14.4 Å². The number of nitrogens with one attached hydrogen (secondary N) is 1. The predicted molar refractivity (Wildman–Crippen MR) is 58.6 cm³/mol. The van der Waals surface area contributed by atoms with E-state index < -0.39 is 11.9 Å². The molecule has 1 aromatic rings. The maximum Gasteiger partial charge on any atom is 0.338 e. The molecular formula is C12H11NO4. The van der Waals surface area contributed by atoms with Crippen LogP contribution in [0.5, 0.6) is 0 Å². The molecule has 1 aliphatic heterocycles. The number of esters is 1. The lowest BCUT2D eigenvalue weighted by atomic mass is 9.97. The molecule has 1 aliphatic rings. The molecule has 0 saturated heterocycles. The lowest BCUT2D eigenvalue weighted by Crippen LogP contribution is -2.37. The van der Waals surface area contributed by atoms with Crippen molar-refractivity contribution < 1.29 is 19.1 Å². The van der Waals surface area contributed by atoms with Crippen LogP contribution in [0.2, 0.25) is 0 Å². The average molecular weight is 233 g/mol. The van der Waals surface area contributed by atoms with Gasteiger partial charge in [0.15, 0.2) is 0 Å². The molecule has 1 heterocycles. The van der Waals surface area contributed by atoms with Gasteiger partial charge in [0.25, 0.3) is 5.91 Å². The number of rotatable bonds is 2. The van der Waals surface area contributed by atoms with E-state index in [1.54, 1.807) is 19.1 Å². The van der Waals surface area contributed by atoms with Gasteiger partial charge in [0.05, 0.1) is 18.6 Å². The van der Waals surface area contributed by atoms with Crippen LogP contribution in [0.25, 0.3) is 0 Å². The standard InChI is InChI=1S/C12H11NO4/c1-2-17-12(16)8-4-3-7-6-10(14)13-11(15)9(7)5-8/h3-5H,2,6H2,1H3,(H,13,14,15). The van der Waals surface area contributed by atoms with E-state index in [4.69, 9.17) is 4.74 Å². The quantitative estimate of drug-likeness (QED) is 0.602. The van der Waals surface area contributed by atoms with E-state index in [1.807, 2.05) is 0 Å². The molecule has 0 saturated carbocycles. The molecule has 2 rings (SSSR count). The van der Waals surface area contributed by atoms with Crippen molar-refractivity contribution in [1.29, 1.82) is 0 Å². The summed E-state index contributed by atoms with van der Waals surface area (Å²) in [6.07, 6.45) is 0.157. The highest BCUT2D eigenvalue weighted by Crippen LogP contribution is 2.17. The molecule has 0 fully saturated rings. The van der Waals surface area contributed by atoms with Crippen molar-refractivity contribution in [2.45, 2.75) is 13.3 Å². The number of hydrogen-bond acceptors (Lipinski definition) is 4. The second-order valence-corrected chi connectivity index (χ2v) is 3.65. The van der Waals surface area contributed by atoms with Crippen LogP contribution in [-0.2, 0) is 16.0 Å². The molecule has 1 aromatic carbocycles. The Balaban J connectivity index is 2.37. The van der Waals surface area contributed by atoms with Crippen LogP contribution in [-0.4, -0.2) is 24.4 Å². The molecule has 0 atom stereocenters. The minimum Gasteiger partial charge on any atom is -0.462 e. The molecule has 0 aliphatic carbocycles. The van der Waals surface area contributed by atoms with E-state index in [-0.39, 0.29) is 18.9 Å². The minimum absolute atomic E-state index is 0.157. The van der Waals surface area contributed by atoms with Gasteiger partial charge in [-0.3, -0.25) is 14.9 Å². The first-order valence-corrected chi connectivity index (χ1v) is 5.26. The predicted octanol–water partition coefficient (Wildman–Crippen LogP) is 0.676. The van der Waals surface area contributed by atoms with Crippen molar-refractivity contribution in [3.8, 4) is 0 Å². The molecule has 0 spiro atoms. The summed E-state index contributed by atoms with van der Waals surface area (Å²) in [6, 6.07) is 4.62. The molecule has 2 amide bonds. The van der Waals surface area contributed by atoms with Gasteiger partial charge in [-0.05, 0) is 24.6 Å². The maximum atomic E-state index is 11.5. The van der Waals surface area contributed by atoms with Crippen LogP contribution in [0.1, 0.15) is 33.2 Å². The minimum atomic E-state index is -0.472. The third kappa shape index (κ3) is 2.18. The van der Waals surface area contributed by atoms with Crippen molar-refractivity contribution in [2.75, 3.05) is 6.61 Å². The Kier molecular flexibility index (Phi) is 2.91. The van der Waals surface area contributed by atoms with Gasteiger partial charge in [-0.15, -0.1) is 0 Å². The summed E-state index contributed by atoms with van der Waals surface area (Å²) >= 11 is 0. The number of ether oxygens (including phenoxy) is 1. The molecule has 17 heavy (non-hydrogen) atoms. The van der Waals surface area contributed by atoms with E-state index in [0.29, 0.717) is 16.7 Å². The first-order chi connectivity index (χ1) is 8.11. The molecule has 0 aromatic heterocycles. The molecule has 5 heteroatoms. The van der Waals surface area contributed by atoms with Gasteiger partial charge in [0, 0.05) is 5.56 Å². The average Bonchev–Trinajstić information content (AvgIpc) is 2.28. The van der Waals surface area contributed by atoms with Crippen LogP contribution in [0.4, 0.5) is 0 Å². The summed E-state index contributed by atoms with van der Waals surface area (Å²) in [4.78, 5) is 34.2.